The van der Waals surface area contributed by atoms with Crippen LogP contribution in [0.3, 0.4) is 0 Å². The first kappa shape index (κ1) is 16.5. The van der Waals surface area contributed by atoms with Gasteiger partial charge < -0.3 is 9.72 Å². The number of carbonyl (C=O) groups is 1. The van der Waals surface area contributed by atoms with Crippen LogP contribution in [0.2, 0.25) is 0 Å². The lowest BCUT2D eigenvalue weighted by Gasteiger charge is -2.05. The van der Waals surface area contributed by atoms with Gasteiger partial charge in [-0.1, -0.05) is 11.8 Å². The first-order valence-electron chi connectivity index (χ1n) is 7.79. The largest absolute Gasteiger partial charge is 0.465 e. The van der Waals surface area contributed by atoms with Crippen LogP contribution in [-0.4, -0.2) is 33.3 Å². The number of nitrogens with one attached hydrogen (secondary N) is 1. The molecule has 0 saturated heterocycles. The molecule has 1 aromatic carbocycles. The maximum absolute atomic E-state index is 11.6. The normalized spacial score (nSPS) is 11.0. The third-order valence-electron chi connectivity index (χ3n) is 3.76. The molecule has 0 unspecified atom stereocenters. The van der Waals surface area contributed by atoms with Gasteiger partial charge in [0.05, 0.1) is 23.4 Å². The smallest absolute Gasteiger partial charge is 0.316 e. The van der Waals surface area contributed by atoms with Gasteiger partial charge in [0.25, 0.3) is 0 Å². The molecule has 3 aromatic rings. The summed E-state index contributed by atoms with van der Waals surface area (Å²) < 4.78 is 4.97. The van der Waals surface area contributed by atoms with Crippen molar-refractivity contribution in [2.24, 2.45) is 0 Å². The number of rotatable bonds is 5. The minimum Gasteiger partial charge on any atom is -0.465 e. The second kappa shape index (κ2) is 7.05. The van der Waals surface area contributed by atoms with Crippen LogP contribution in [0, 0.1) is 13.8 Å². The number of imidazole rings is 1. The van der Waals surface area contributed by atoms with E-state index in [2.05, 4.69) is 40.9 Å². The average Bonchev–Trinajstić information content (AvgIpc) is 2.96. The molecular weight excluding hydrogens is 322 g/mol. The highest BCUT2D eigenvalue weighted by Crippen LogP contribution is 2.29. The van der Waals surface area contributed by atoms with E-state index in [1.54, 1.807) is 13.1 Å². The summed E-state index contributed by atoms with van der Waals surface area (Å²) in [5, 5.41) is 0.762. The molecule has 0 fully saturated rings. The number of pyridine rings is 1. The van der Waals surface area contributed by atoms with Gasteiger partial charge in [-0.25, -0.2) is 9.97 Å². The molecule has 3 rings (SSSR count). The van der Waals surface area contributed by atoms with E-state index in [9.17, 15) is 4.79 Å². The van der Waals surface area contributed by atoms with Crippen LogP contribution in [0.15, 0.2) is 35.5 Å². The Morgan fingerprint density at radius 3 is 2.88 bits per heavy atom. The summed E-state index contributed by atoms with van der Waals surface area (Å²) in [6.45, 7) is 6.34. The van der Waals surface area contributed by atoms with Crippen LogP contribution in [0.25, 0.3) is 22.4 Å². The number of nitrogens with zero attached hydrogens (tertiary/aromatic N) is 2. The van der Waals surface area contributed by atoms with Crippen molar-refractivity contribution in [2.75, 3.05) is 12.4 Å². The molecule has 5 nitrogen and oxygen atoms in total. The minimum atomic E-state index is -0.241. The Kier molecular flexibility index (Phi) is 4.85. The highest BCUT2D eigenvalue weighted by molar-refractivity contribution is 8.00. The van der Waals surface area contributed by atoms with E-state index < -0.39 is 0 Å². The summed E-state index contributed by atoms with van der Waals surface area (Å²) >= 11 is 1.36. The van der Waals surface area contributed by atoms with Crippen molar-refractivity contribution in [1.82, 2.24) is 15.0 Å². The Hall–Kier alpha value is -2.34. The molecule has 2 aromatic heterocycles. The maximum Gasteiger partial charge on any atom is 0.316 e. The van der Waals surface area contributed by atoms with Gasteiger partial charge >= 0.3 is 5.97 Å². The number of hydrogen-bond acceptors (Lipinski definition) is 5. The van der Waals surface area contributed by atoms with Crippen LogP contribution >= 0.6 is 11.8 Å². The average molecular weight is 341 g/mol. The fourth-order valence-corrected chi connectivity index (χ4v) is 3.21. The van der Waals surface area contributed by atoms with E-state index in [-0.39, 0.29) is 11.7 Å². The second-order valence-corrected chi connectivity index (χ2v) is 6.45. The van der Waals surface area contributed by atoms with Crippen LogP contribution in [-0.2, 0) is 9.53 Å². The van der Waals surface area contributed by atoms with Crippen LogP contribution < -0.4 is 0 Å². The number of hydrogen-bond donors (Lipinski definition) is 1. The lowest BCUT2D eigenvalue weighted by atomic mass is 10.1. The summed E-state index contributed by atoms with van der Waals surface area (Å²) in [6.07, 6.45) is 1.72. The van der Waals surface area contributed by atoms with Crippen LogP contribution in [0.4, 0.5) is 0 Å². The number of carbonyl (C=O) groups excluding carboxylic acids is 1. The van der Waals surface area contributed by atoms with Crippen molar-refractivity contribution in [3.63, 3.8) is 0 Å². The van der Waals surface area contributed by atoms with Crippen molar-refractivity contribution in [2.45, 2.75) is 25.8 Å². The minimum absolute atomic E-state index is 0.232. The third kappa shape index (κ3) is 3.43. The number of fused-ring (bicyclic) bond motifs is 1. The van der Waals surface area contributed by atoms with Gasteiger partial charge in [-0.05, 0) is 56.2 Å². The van der Waals surface area contributed by atoms with Crippen molar-refractivity contribution < 1.29 is 9.53 Å². The van der Waals surface area contributed by atoms with E-state index in [0.717, 1.165) is 27.4 Å². The van der Waals surface area contributed by atoms with E-state index >= 15 is 0 Å². The van der Waals surface area contributed by atoms with Gasteiger partial charge in [0.1, 0.15) is 10.9 Å². The quantitative estimate of drug-likeness (QED) is 0.563. The Morgan fingerprint density at radius 2 is 2.08 bits per heavy atom. The van der Waals surface area contributed by atoms with Gasteiger partial charge in [-0.3, -0.25) is 4.79 Å². The molecule has 0 atom stereocenters. The first-order chi connectivity index (χ1) is 11.6. The van der Waals surface area contributed by atoms with Crippen LogP contribution in [0.1, 0.15) is 18.1 Å². The standard InChI is InChI=1S/C18H19N3O2S/c1-4-23-16(22)10-24-18-13(6-5-7-19-18)17-20-14-8-11(2)12(3)9-15(14)21-17/h5-9H,4,10H2,1-3H3,(H,20,21). The molecule has 0 amide bonds. The molecule has 124 valence electrons. The summed E-state index contributed by atoms with van der Waals surface area (Å²) in [6, 6.07) is 8.00. The van der Waals surface area contributed by atoms with Crippen molar-refractivity contribution in [1.29, 1.82) is 0 Å². The SMILES string of the molecule is CCOC(=O)CSc1ncccc1-c1nc2cc(C)c(C)cc2[nH]1. The Balaban J connectivity index is 1.93. The molecule has 2 heterocycles. The maximum atomic E-state index is 11.6. The summed E-state index contributed by atoms with van der Waals surface area (Å²) in [7, 11) is 0. The molecule has 0 saturated carbocycles. The van der Waals surface area contributed by atoms with Crippen LogP contribution in [0.5, 0.6) is 0 Å². The van der Waals surface area contributed by atoms with E-state index in [0.29, 0.717) is 6.61 Å². The van der Waals surface area contributed by atoms with E-state index in [4.69, 9.17) is 4.74 Å². The topological polar surface area (TPSA) is 67.9 Å². The number of aryl methyl sites for hydroxylation is 2. The molecule has 0 aliphatic carbocycles. The lowest BCUT2D eigenvalue weighted by Crippen LogP contribution is -2.06. The van der Waals surface area contributed by atoms with Crippen molar-refractivity contribution in [3.8, 4) is 11.4 Å². The van der Waals surface area contributed by atoms with Gasteiger partial charge in [0, 0.05) is 11.8 Å². The monoisotopic (exact) mass is 341 g/mol. The van der Waals surface area contributed by atoms with Crippen molar-refractivity contribution in [3.05, 3.63) is 41.6 Å². The number of thioether (sulfide) groups is 1. The predicted molar refractivity (Wildman–Crippen MR) is 96.2 cm³/mol. The lowest BCUT2D eigenvalue weighted by molar-refractivity contribution is -0.139. The molecular formula is C18H19N3O2S. The molecule has 0 aliphatic rings. The van der Waals surface area contributed by atoms with E-state index in [1.807, 2.05) is 12.1 Å². The molecule has 6 heteroatoms. The summed E-state index contributed by atoms with van der Waals surface area (Å²) in [5.41, 5.74) is 5.25. The fraction of sp³-hybridized carbons (Fsp3) is 0.278. The number of benzene rings is 1. The zero-order valence-corrected chi connectivity index (χ0v) is 14.7. The zero-order valence-electron chi connectivity index (χ0n) is 13.9. The molecule has 0 aliphatic heterocycles. The molecule has 0 spiro atoms. The number of ether oxygens (including phenoxy) is 1. The molecule has 1 N–H and O–H groups in total. The number of esters is 1. The predicted octanol–water partition coefficient (Wildman–Crippen LogP) is 3.90. The van der Waals surface area contributed by atoms with Gasteiger partial charge in [-0.2, -0.15) is 0 Å². The highest BCUT2D eigenvalue weighted by Gasteiger charge is 2.13. The fourth-order valence-electron chi connectivity index (χ4n) is 2.41. The Bertz CT molecular complexity index is 850. The summed E-state index contributed by atoms with van der Waals surface area (Å²) in [5.74, 6) is 0.750. The number of H-pyrrole nitrogens is 1. The highest BCUT2D eigenvalue weighted by atomic mass is 32.2. The number of aromatic amines is 1. The van der Waals surface area contributed by atoms with E-state index in [1.165, 1.54) is 22.9 Å². The summed E-state index contributed by atoms with van der Waals surface area (Å²) in [4.78, 5) is 24.0. The second-order valence-electron chi connectivity index (χ2n) is 5.49. The molecule has 0 bridgehead atoms. The Morgan fingerprint density at radius 1 is 1.29 bits per heavy atom. The molecule has 0 radical (unpaired) electrons. The van der Waals surface area contributed by atoms with Gasteiger partial charge in [-0.15, -0.1) is 0 Å². The third-order valence-corrected chi connectivity index (χ3v) is 4.73. The molecule has 24 heavy (non-hydrogen) atoms. The van der Waals surface area contributed by atoms with Gasteiger partial charge in [0.2, 0.25) is 0 Å². The Labute approximate surface area is 144 Å². The number of aromatic nitrogens is 3. The zero-order chi connectivity index (χ0) is 17.1. The first-order valence-corrected chi connectivity index (χ1v) is 8.78. The van der Waals surface area contributed by atoms with Gasteiger partial charge in [0.15, 0.2) is 0 Å². The van der Waals surface area contributed by atoms with Crippen molar-refractivity contribution >= 4 is 28.8 Å².